The van der Waals surface area contributed by atoms with Crippen molar-refractivity contribution in [1.82, 2.24) is 14.9 Å². The molecule has 0 spiro atoms. The van der Waals surface area contributed by atoms with Crippen LogP contribution in [-0.2, 0) is 4.79 Å². The maximum absolute atomic E-state index is 14.1. The molecule has 0 bridgehead atoms. The minimum Gasteiger partial charge on any atom is -0.493 e. The van der Waals surface area contributed by atoms with Crippen LogP contribution >= 0.6 is 50.9 Å². The first-order valence-electron chi connectivity index (χ1n) is 10.1. The number of ether oxygens (including phenoxy) is 2. The summed E-state index contributed by atoms with van der Waals surface area (Å²) < 4.78 is 25.8. The number of benzene rings is 2. The highest BCUT2D eigenvalue weighted by molar-refractivity contribution is 9.10. The molecule has 0 radical (unpaired) electrons. The van der Waals surface area contributed by atoms with Crippen molar-refractivity contribution in [2.75, 3.05) is 13.7 Å². The average molecular weight is 598 g/mol. The van der Waals surface area contributed by atoms with Gasteiger partial charge in [-0.15, -0.1) is 0 Å². The molecule has 1 aromatic heterocycles. The third-order valence-electron chi connectivity index (χ3n) is 4.71. The number of hydrogen-bond acceptors (Lipinski definition) is 7. The fraction of sp³-hybridized carbons (Fsp3) is 0.130. The van der Waals surface area contributed by atoms with Gasteiger partial charge in [0.1, 0.15) is 0 Å². The van der Waals surface area contributed by atoms with Crippen LogP contribution in [0, 0.1) is 5.82 Å². The third kappa shape index (κ3) is 5.78. The molecule has 12 heteroatoms. The van der Waals surface area contributed by atoms with Gasteiger partial charge in [-0.1, -0.05) is 17.7 Å². The maximum atomic E-state index is 14.1. The summed E-state index contributed by atoms with van der Waals surface area (Å²) in [6.07, 6.45) is 2.61. The van der Waals surface area contributed by atoms with Crippen molar-refractivity contribution in [2.24, 2.45) is 4.99 Å². The Morgan fingerprint density at radius 2 is 2.03 bits per heavy atom. The maximum Gasteiger partial charge on any atom is 0.266 e. The van der Waals surface area contributed by atoms with E-state index in [0.29, 0.717) is 38.6 Å². The highest BCUT2D eigenvalue weighted by Gasteiger charge is 2.32. The lowest BCUT2D eigenvalue weighted by Crippen LogP contribution is -2.28. The molecule has 0 saturated carbocycles. The number of rotatable bonds is 6. The molecule has 0 N–H and O–H groups in total. The molecular formula is C23H16BrCl2FN4O3S. The van der Waals surface area contributed by atoms with Crippen molar-refractivity contribution in [1.29, 1.82) is 0 Å². The zero-order valence-electron chi connectivity index (χ0n) is 18.3. The van der Waals surface area contributed by atoms with Crippen molar-refractivity contribution >= 4 is 73.7 Å². The van der Waals surface area contributed by atoms with Gasteiger partial charge >= 0.3 is 0 Å². The number of thioether (sulfide) groups is 1. The normalized spacial score (nSPS) is 15.8. The van der Waals surface area contributed by atoms with Crippen molar-refractivity contribution in [3.63, 3.8) is 0 Å². The number of likely N-dealkylation sites (N-methyl/N-ethyl adjacent to an activating group) is 1. The van der Waals surface area contributed by atoms with Crippen molar-refractivity contribution in [2.45, 2.75) is 6.92 Å². The first-order valence-corrected chi connectivity index (χ1v) is 12.4. The number of nitrogens with zero attached hydrogens (tertiary/aromatic N) is 4. The predicted octanol–water partition coefficient (Wildman–Crippen LogP) is 7.11. The van der Waals surface area contributed by atoms with E-state index in [4.69, 9.17) is 32.7 Å². The van der Waals surface area contributed by atoms with Gasteiger partial charge in [0.2, 0.25) is 11.1 Å². The summed E-state index contributed by atoms with van der Waals surface area (Å²) in [4.78, 5) is 27.0. The van der Waals surface area contributed by atoms with Gasteiger partial charge in [0, 0.05) is 11.0 Å². The molecular weight excluding hydrogens is 582 g/mol. The Morgan fingerprint density at radius 3 is 2.74 bits per heavy atom. The molecule has 1 fully saturated rings. The highest BCUT2D eigenvalue weighted by atomic mass is 79.9. The van der Waals surface area contributed by atoms with Gasteiger partial charge in [-0.25, -0.2) is 9.98 Å². The summed E-state index contributed by atoms with van der Waals surface area (Å²) in [5, 5.41) is 0.891. The van der Waals surface area contributed by atoms with Crippen LogP contribution < -0.4 is 9.47 Å². The molecule has 1 saturated heterocycles. The molecule has 1 aliphatic rings. The number of halogens is 4. The lowest BCUT2D eigenvalue weighted by atomic mass is 10.2. The van der Waals surface area contributed by atoms with Crippen molar-refractivity contribution < 1.29 is 18.7 Å². The van der Waals surface area contributed by atoms with Crippen LogP contribution in [0.25, 0.3) is 6.08 Å². The quantitative estimate of drug-likeness (QED) is 0.223. The Kier molecular flexibility index (Phi) is 7.95. The lowest BCUT2D eigenvalue weighted by molar-refractivity contribution is -0.122. The summed E-state index contributed by atoms with van der Waals surface area (Å²) in [6.45, 7) is 2.31. The molecule has 180 valence electrons. The fourth-order valence-corrected chi connectivity index (χ4v) is 4.67. The third-order valence-corrected chi connectivity index (χ3v) is 7.13. The van der Waals surface area contributed by atoms with E-state index in [9.17, 15) is 9.18 Å². The molecule has 1 aliphatic heterocycles. The van der Waals surface area contributed by atoms with Gasteiger partial charge in [-0.05, 0) is 88.2 Å². The molecule has 35 heavy (non-hydrogen) atoms. The number of aliphatic imine (C=N–C) groups is 1. The standard InChI is InChI=1S/C23H16BrCl2FN4O3S/c1-3-31-21(32)19(35-23(31)29-13-5-6-14(24)15(25)10-13)9-12-4-7-17(33-2)18(8-12)34-20-16(27)11-28-22(26)30-20/h4-11H,3H2,1-2H3/b19-9-,29-23?. The summed E-state index contributed by atoms with van der Waals surface area (Å²) >= 11 is 16.5. The number of hydrogen-bond donors (Lipinski definition) is 0. The fourth-order valence-electron chi connectivity index (χ4n) is 3.06. The molecule has 7 nitrogen and oxygen atoms in total. The topological polar surface area (TPSA) is 76.9 Å². The van der Waals surface area contributed by atoms with E-state index in [1.165, 1.54) is 18.9 Å². The van der Waals surface area contributed by atoms with Crippen LogP contribution in [0.2, 0.25) is 10.3 Å². The average Bonchev–Trinajstić information content (AvgIpc) is 3.12. The van der Waals surface area contributed by atoms with Gasteiger partial charge in [0.25, 0.3) is 11.8 Å². The van der Waals surface area contributed by atoms with Crippen LogP contribution in [0.4, 0.5) is 10.1 Å². The van der Waals surface area contributed by atoms with Gasteiger partial charge in [-0.3, -0.25) is 9.69 Å². The molecule has 3 aromatic rings. The second-order valence-electron chi connectivity index (χ2n) is 6.96. The largest absolute Gasteiger partial charge is 0.493 e. The van der Waals surface area contributed by atoms with Gasteiger partial charge in [-0.2, -0.15) is 9.37 Å². The van der Waals surface area contributed by atoms with E-state index in [-0.39, 0.29) is 22.8 Å². The van der Waals surface area contributed by atoms with Crippen molar-refractivity contribution in [3.8, 4) is 17.4 Å². The Balaban J connectivity index is 1.66. The minimum atomic E-state index is -0.783. The zero-order valence-corrected chi connectivity index (χ0v) is 22.2. The zero-order chi connectivity index (χ0) is 25.1. The summed E-state index contributed by atoms with van der Waals surface area (Å²) in [7, 11) is 1.45. The Labute approximate surface area is 223 Å². The predicted molar refractivity (Wildman–Crippen MR) is 139 cm³/mol. The van der Waals surface area contributed by atoms with Crippen LogP contribution in [-0.4, -0.2) is 39.6 Å². The first-order chi connectivity index (χ1) is 16.8. The van der Waals surface area contributed by atoms with Gasteiger partial charge in [0.05, 0.1) is 28.9 Å². The van der Waals surface area contributed by atoms with Gasteiger partial charge in [0.15, 0.2) is 16.7 Å². The van der Waals surface area contributed by atoms with Crippen LogP contribution in [0.1, 0.15) is 12.5 Å². The molecule has 1 amide bonds. The Bertz CT molecular complexity index is 1370. The highest BCUT2D eigenvalue weighted by Crippen LogP contribution is 2.37. The molecule has 4 rings (SSSR count). The summed E-state index contributed by atoms with van der Waals surface area (Å²) in [6, 6.07) is 10.3. The van der Waals surface area contributed by atoms with E-state index in [1.54, 1.807) is 47.4 Å². The van der Waals surface area contributed by atoms with Gasteiger partial charge < -0.3 is 9.47 Å². The van der Waals surface area contributed by atoms with Crippen LogP contribution in [0.5, 0.6) is 17.4 Å². The smallest absolute Gasteiger partial charge is 0.266 e. The summed E-state index contributed by atoms with van der Waals surface area (Å²) in [5.41, 5.74) is 1.25. The first kappa shape index (κ1) is 25.4. The molecule has 2 heterocycles. The second-order valence-corrected chi connectivity index (χ2v) is 9.57. The van der Waals surface area contributed by atoms with E-state index < -0.39 is 5.82 Å². The van der Waals surface area contributed by atoms with E-state index in [2.05, 4.69) is 30.9 Å². The monoisotopic (exact) mass is 596 g/mol. The van der Waals surface area contributed by atoms with Crippen molar-refractivity contribution in [3.05, 3.63) is 73.7 Å². The van der Waals surface area contributed by atoms with E-state index in [1.807, 2.05) is 6.92 Å². The number of amidine groups is 1. The summed E-state index contributed by atoms with van der Waals surface area (Å²) in [5.74, 6) is -0.785. The lowest BCUT2D eigenvalue weighted by Gasteiger charge is -2.12. The van der Waals surface area contributed by atoms with Crippen LogP contribution in [0.3, 0.4) is 0 Å². The van der Waals surface area contributed by atoms with E-state index in [0.717, 1.165) is 10.7 Å². The van der Waals surface area contributed by atoms with E-state index >= 15 is 0 Å². The van der Waals surface area contributed by atoms with Crippen LogP contribution in [0.15, 0.2) is 57.0 Å². The molecule has 0 atom stereocenters. The second kappa shape index (κ2) is 10.9. The Hall–Kier alpha value is -2.66. The Morgan fingerprint density at radius 1 is 1.23 bits per heavy atom. The molecule has 0 aliphatic carbocycles. The minimum absolute atomic E-state index is 0.162. The number of carbonyl (C=O) groups excluding carboxylic acids is 1. The number of amides is 1. The SMILES string of the molecule is CCN1C(=O)/C(=C/c2ccc(OC)c(Oc3nc(Cl)ncc3F)c2)SC1=Nc1ccc(Br)c(Cl)c1. The number of methoxy groups -OCH3 is 1. The number of carbonyl (C=O) groups is 1. The molecule has 0 unspecified atom stereocenters. The molecule has 2 aromatic carbocycles. The number of aromatic nitrogens is 2.